The van der Waals surface area contributed by atoms with Gasteiger partial charge in [0.1, 0.15) is 0 Å². The van der Waals surface area contributed by atoms with Gasteiger partial charge in [0.05, 0.1) is 6.10 Å². The van der Waals surface area contributed by atoms with Crippen LogP contribution in [0.2, 0.25) is 0 Å². The van der Waals surface area contributed by atoms with Crippen molar-refractivity contribution in [3.63, 3.8) is 0 Å². The van der Waals surface area contributed by atoms with Crippen LogP contribution in [0.1, 0.15) is 99.3 Å². The molecule has 6 unspecified atom stereocenters. The Kier molecular flexibility index (Phi) is 6.35. The second-order valence-corrected chi connectivity index (χ2v) is 12.4. The van der Waals surface area contributed by atoms with Crippen molar-refractivity contribution in [2.24, 2.45) is 52.3 Å². The number of aliphatic hydroxyl groups is 1. The summed E-state index contributed by atoms with van der Waals surface area (Å²) in [6, 6.07) is 0. The van der Waals surface area contributed by atoms with E-state index in [1.54, 1.807) is 5.57 Å². The standard InChI is InChI=1S/C29H48O/c1-7-21(19(2)3)9-8-20(4)25-12-13-26-24-11-10-22-18-23(30)14-16-28(22,5)27(24)15-17-29(25,26)6/h8-10,19-21,23-27,30H,7,11-18H2,1-6H3/b9-8+/t20?,21?,23-,24?,25?,26?,27?,28+,29-/m1/s1. The average Bonchev–Trinajstić information content (AvgIpc) is 3.06. The third kappa shape index (κ3) is 3.66. The number of fused-ring (bicyclic) bond motifs is 5. The maximum atomic E-state index is 10.2. The van der Waals surface area contributed by atoms with Crippen LogP contribution in [0.3, 0.4) is 0 Å². The van der Waals surface area contributed by atoms with E-state index in [2.05, 4.69) is 59.8 Å². The minimum absolute atomic E-state index is 0.0870. The van der Waals surface area contributed by atoms with Gasteiger partial charge in [0.2, 0.25) is 0 Å². The number of aliphatic hydroxyl groups excluding tert-OH is 1. The number of rotatable bonds is 5. The zero-order chi connectivity index (χ0) is 21.7. The molecule has 0 radical (unpaired) electrons. The van der Waals surface area contributed by atoms with Gasteiger partial charge in [0.25, 0.3) is 0 Å². The Balaban J connectivity index is 1.52. The number of hydrogen-bond acceptors (Lipinski definition) is 1. The summed E-state index contributed by atoms with van der Waals surface area (Å²) in [7, 11) is 0. The van der Waals surface area contributed by atoms with E-state index in [0.717, 1.165) is 48.3 Å². The van der Waals surface area contributed by atoms with Gasteiger partial charge in [0.15, 0.2) is 0 Å². The molecular weight excluding hydrogens is 364 g/mol. The Morgan fingerprint density at radius 3 is 2.50 bits per heavy atom. The van der Waals surface area contributed by atoms with Crippen LogP contribution in [0.4, 0.5) is 0 Å². The minimum Gasteiger partial charge on any atom is -0.393 e. The van der Waals surface area contributed by atoms with E-state index >= 15 is 0 Å². The molecule has 0 spiro atoms. The fourth-order valence-electron chi connectivity index (χ4n) is 8.83. The van der Waals surface area contributed by atoms with E-state index in [0.29, 0.717) is 16.7 Å². The van der Waals surface area contributed by atoms with Gasteiger partial charge >= 0.3 is 0 Å². The van der Waals surface area contributed by atoms with E-state index in [-0.39, 0.29) is 6.10 Å². The number of hydrogen-bond donors (Lipinski definition) is 1. The maximum Gasteiger partial charge on any atom is 0.0577 e. The molecule has 0 aromatic rings. The highest BCUT2D eigenvalue weighted by Gasteiger charge is 2.58. The van der Waals surface area contributed by atoms with Crippen LogP contribution in [-0.4, -0.2) is 11.2 Å². The summed E-state index contributed by atoms with van der Waals surface area (Å²) in [6.07, 6.45) is 19.1. The lowest BCUT2D eigenvalue weighted by Gasteiger charge is -2.58. The molecule has 0 aliphatic heterocycles. The van der Waals surface area contributed by atoms with Crippen molar-refractivity contribution in [3.8, 4) is 0 Å². The molecule has 0 saturated heterocycles. The van der Waals surface area contributed by atoms with Crippen molar-refractivity contribution >= 4 is 0 Å². The van der Waals surface area contributed by atoms with Crippen LogP contribution in [-0.2, 0) is 0 Å². The molecule has 170 valence electrons. The highest BCUT2D eigenvalue weighted by Crippen LogP contribution is 2.67. The highest BCUT2D eigenvalue weighted by molar-refractivity contribution is 5.25. The van der Waals surface area contributed by atoms with Crippen molar-refractivity contribution in [2.75, 3.05) is 0 Å². The van der Waals surface area contributed by atoms with E-state index < -0.39 is 0 Å². The van der Waals surface area contributed by atoms with E-state index in [9.17, 15) is 5.11 Å². The summed E-state index contributed by atoms with van der Waals surface area (Å²) < 4.78 is 0. The number of allylic oxidation sites excluding steroid dienone is 3. The molecule has 0 bridgehead atoms. The minimum atomic E-state index is -0.0870. The molecule has 0 heterocycles. The first kappa shape index (κ1) is 22.6. The molecular formula is C29H48O. The van der Waals surface area contributed by atoms with Gasteiger partial charge in [-0.05, 0) is 110 Å². The van der Waals surface area contributed by atoms with Gasteiger partial charge in [0, 0.05) is 0 Å². The Morgan fingerprint density at radius 2 is 1.80 bits per heavy atom. The van der Waals surface area contributed by atoms with Crippen LogP contribution in [0.15, 0.2) is 23.8 Å². The first-order valence-corrected chi connectivity index (χ1v) is 13.3. The van der Waals surface area contributed by atoms with E-state index in [4.69, 9.17) is 0 Å². The van der Waals surface area contributed by atoms with Crippen LogP contribution in [0, 0.1) is 52.3 Å². The van der Waals surface area contributed by atoms with Crippen molar-refractivity contribution < 1.29 is 5.11 Å². The monoisotopic (exact) mass is 412 g/mol. The van der Waals surface area contributed by atoms with Gasteiger partial charge in [-0.25, -0.2) is 0 Å². The maximum absolute atomic E-state index is 10.2. The molecule has 9 atom stereocenters. The fraction of sp³-hybridized carbons (Fsp3) is 0.862. The molecule has 0 amide bonds. The van der Waals surface area contributed by atoms with E-state index in [1.165, 1.54) is 44.9 Å². The topological polar surface area (TPSA) is 20.2 Å². The van der Waals surface area contributed by atoms with Crippen molar-refractivity contribution in [1.82, 2.24) is 0 Å². The lowest BCUT2D eigenvalue weighted by molar-refractivity contribution is -0.0540. The molecule has 30 heavy (non-hydrogen) atoms. The summed E-state index contributed by atoms with van der Waals surface area (Å²) in [5.41, 5.74) is 2.51. The Bertz CT molecular complexity index is 674. The molecule has 4 aliphatic carbocycles. The molecule has 3 saturated carbocycles. The molecule has 0 aromatic heterocycles. The van der Waals surface area contributed by atoms with Crippen LogP contribution in [0.25, 0.3) is 0 Å². The molecule has 1 N–H and O–H groups in total. The lowest BCUT2D eigenvalue weighted by atomic mass is 9.47. The molecule has 0 aromatic carbocycles. The predicted molar refractivity (Wildman–Crippen MR) is 128 cm³/mol. The summed E-state index contributed by atoms with van der Waals surface area (Å²) in [5, 5.41) is 10.2. The van der Waals surface area contributed by atoms with Crippen LogP contribution >= 0.6 is 0 Å². The summed E-state index contributed by atoms with van der Waals surface area (Å²) in [5.74, 6) is 5.70. The third-order valence-corrected chi connectivity index (χ3v) is 10.8. The van der Waals surface area contributed by atoms with Gasteiger partial charge in [-0.3, -0.25) is 0 Å². The Morgan fingerprint density at radius 1 is 1.03 bits per heavy atom. The van der Waals surface area contributed by atoms with Crippen molar-refractivity contribution in [2.45, 2.75) is 105 Å². The first-order valence-electron chi connectivity index (χ1n) is 13.3. The van der Waals surface area contributed by atoms with E-state index in [1.807, 2.05) is 0 Å². The smallest absolute Gasteiger partial charge is 0.0577 e. The van der Waals surface area contributed by atoms with Gasteiger partial charge < -0.3 is 5.11 Å². The molecule has 1 nitrogen and oxygen atoms in total. The zero-order valence-electron chi connectivity index (χ0n) is 20.7. The summed E-state index contributed by atoms with van der Waals surface area (Å²) in [6.45, 7) is 14.8. The van der Waals surface area contributed by atoms with Crippen LogP contribution in [0.5, 0.6) is 0 Å². The fourth-order valence-corrected chi connectivity index (χ4v) is 8.83. The SMILES string of the molecule is CCC(/C=C/C(C)C1CCC2C3CC=C4C[C@H](O)CC[C@]4(C)C3CC[C@]12C)C(C)C. The zero-order valence-corrected chi connectivity index (χ0v) is 20.7. The second kappa shape index (κ2) is 8.42. The average molecular weight is 413 g/mol. The van der Waals surface area contributed by atoms with Crippen LogP contribution < -0.4 is 0 Å². The molecule has 4 rings (SSSR count). The largest absolute Gasteiger partial charge is 0.393 e. The summed E-state index contributed by atoms with van der Waals surface area (Å²) in [4.78, 5) is 0. The predicted octanol–water partition coefficient (Wildman–Crippen LogP) is 7.80. The highest BCUT2D eigenvalue weighted by atomic mass is 16.3. The first-order chi connectivity index (χ1) is 14.2. The second-order valence-electron chi connectivity index (χ2n) is 12.4. The molecule has 4 aliphatic rings. The molecule has 3 fully saturated rings. The molecule has 1 heteroatoms. The van der Waals surface area contributed by atoms with Gasteiger partial charge in [-0.1, -0.05) is 65.3 Å². The van der Waals surface area contributed by atoms with Gasteiger partial charge in [-0.15, -0.1) is 0 Å². The summed E-state index contributed by atoms with van der Waals surface area (Å²) >= 11 is 0. The Labute approximate surface area is 186 Å². The third-order valence-electron chi connectivity index (χ3n) is 10.8. The van der Waals surface area contributed by atoms with Crippen molar-refractivity contribution in [1.29, 1.82) is 0 Å². The normalized spacial score (nSPS) is 45.6. The lowest BCUT2D eigenvalue weighted by Crippen LogP contribution is -2.50. The Hall–Kier alpha value is -0.560. The quantitative estimate of drug-likeness (QED) is 0.457. The van der Waals surface area contributed by atoms with Gasteiger partial charge in [-0.2, -0.15) is 0 Å². The van der Waals surface area contributed by atoms with Crippen molar-refractivity contribution in [3.05, 3.63) is 23.8 Å².